The molecule has 152 valence electrons. The number of hydrogen-bond donors (Lipinski definition) is 0. The number of pyridine rings is 1. The Labute approximate surface area is 165 Å². The van der Waals surface area contributed by atoms with Crippen molar-refractivity contribution in [2.75, 3.05) is 37.6 Å². The molecule has 0 radical (unpaired) electrons. The smallest absolute Gasteiger partial charge is 0.368 e. The second-order valence-corrected chi connectivity index (χ2v) is 7.02. The molecule has 0 aliphatic carbocycles. The molecule has 10 heteroatoms. The molecule has 0 unspecified atom stereocenters. The van der Waals surface area contributed by atoms with Gasteiger partial charge in [0.25, 0.3) is 5.56 Å². The van der Waals surface area contributed by atoms with E-state index >= 15 is 0 Å². The van der Waals surface area contributed by atoms with Gasteiger partial charge in [-0.25, -0.2) is 4.98 Å². The molecular weight excluding hydrogens is 395 g/mol. The zero-order valence-corrected chi connectivity index (χ0v) is 16.2. The van der Waals surface area contributed by atoms with E-state index in [1.807, 2.05) is 4.90 Å². The van der Waals surface area contributed by atoms with E-state index in [0.717, 1.165) is 62.4 Å². The summed E-state index contributed by atoms with van der Waals surface area (Å²) in [6.07, 6.45) is -0.330. The Morgan fingerprint density at radius 1 is 1.14 bits per heavy atom. The SMILES string of the molecule is CCCN1CCCN(c2cnn(-c3ccc(C(F)(F)F)cn3)c(=O)c2Cl)CC1. The van der Waals surface area contributed by atoms with Crippen molar-refractivity contribution in [2.24, 2.45) is 0 Å². The van der Waals surface area contributed by atoms with Crippen LogP contribution in [-0.4, -0.2) is 52.4 Å². The predicted octanol–water partition coefficient (Wildman–Crippen LogP) is 3.22. The number of alkyl halides is 3. The Morgan fingerprint density at radius 3 is 2.57 bits per heavy atom. The van der Waals surface area contributed by atoms with Crippen molar-refractivity contribution >= 4 is 17.3 Å². The summed E-state index contributed by atoms with van der Waals surface area (Å²) in [6, 6.07) is 1.96. The van der Waals surface area contributed by atoms with Gasteiger partial charge >= 0.3 is 6.18 Å². The van der Waals surface area contributed by atoms with Gasteiger partial charge in [0, 0.05) is 25.8 Å². The van der Waals surface area contributed by atoms with Crippen LogP contribution in [-0.2, 0) is 6.18 Å². The van der Waals surface area contributed by atoms with Crippen molar-refractivity contribution in [1.29, 1.82) is 0 Å². The normalized spacial score (nSPS) is 16.2. The number of nitrogens with zero attached hydrogens (tertiary/aromatic N) is 5. The molecule has 0 atom stereocenters. The van der Waals surface area contributed by atoms with Gasteiger partial charge in [-0.2, -0.15) is 23.0 Å². The first-order valence-corrected chi connectivity index (χ1v) is 9.48. The quantitative estimate of drug-likeness (QED) is 0.767. The Morgan fingerprint density at radius 2 is 1.93 bits per heavy atom. The maximum atomic E-state index is 12.7. The van der Waals surface area contributed by atoms with Crippen LogP contribution in [0.4, 0.5) is 18.9 Å². The molecule has 2 aromatic rings. The summed E-state index contributed by atoms with van der Waals surface area (Å²) in [7, 11) is 0. The lowest BCUT2D eigenvalue weighted by Crippen LogP contribution is -2.33. The van der Waals surface area contributed by atoms with Crippen LogP contribution in [0, 0.1) is 0 Å². The minimum atomic E-state index is -4.50. The highest BCUT2D eigenvalue weighted by Crippen LogP contribution is 2.29. The Kier molecular flexibility index (Phi) is 6.24. The molecule has 0 aromatic carbocycles. The maximum absolute atomic E-state index is 12.7. The molecule has 2 aromatic heterocycles. The minimum absolute atomic E-state index is 0.0133. The first-order valence-electron chi connectivity index (χ1n) is 9.10. The first kappa shape index (κ1) is 20.6. The van der Waals surface area contributed by atoms with Crippen LogP contribution in [0.2, 0.25) is 5.02 Å². The molecule has 1 aliphatic heterocycles. The monoisotopic (exact) mass is 415 g/mol. The minimum Gasteiger partial charge on any atom is -0.368 e. The van der Waals surface area contributed by atoms with Crippen LogP contribution in [0.15, 0.2) is 29.3 Å². The van der Waals surface area contributed by atoms with E-state index in [0.29, 0.717) is 11.9 Å². The Balaban J connectivity index is 1.84. The van der Waals surface area contributed by atoms with E-state index in [1.54, 1.807) is 0 Å². The average Bonchev–Trinajstić information content (AvgIpc) is 2.89. The van der Waals surface area contributed by atoms with E-state index in [-0.39, 0.29) is 10.8 Å². The second-order valence-electron chi connectivity index (χ2n) is 6.65. The van der Waals surface area contributed by atoms with Gasteiger partial charge < -0.3 is 9.80 Å². The van der Waals surface area contributed by atoms with Crippen molar-refractivity contribution < 1.29 is 13.2 Å². The fourth-order valence-corrected chi connectivity index (χ4v) is 3.49. The van der Waals surface area contributed by atoms with E-state index in [1.165, 1.54) is 6.20 Å². The van der Waals surface area contributed by atoms with Gasteiger partial charge in [0.15, 0.2) is 5.82 Å². The highest BCUT2D eigenvalue weighted by molar-refractivity contribution is 6.33. The summed E-state index contributed by atoms with van der Waals surface area (Å²) in [5.41, 5.74) is -0.970. The fourth-order valence-electron chi connectivity index (χ4n) is 3.24. The molecule has 1 fully saturated rings. The van der Waals surface area contributed by atoms with Crippen molar-refractivity contribution in [2.45, 2.75) is 25.9 Å². The molecule has 0 N–H and O–H groups in total. The summed E-state index contributed by atoms with van der Waals surface area (Å²) < 4.78 is 38.9. The highest BCUT2D eigenvalue weighted by Gasteiger charge is 2.31. The first-order chi connectivity index (χ1) is 13.3. The van der Waals surface area contributed by atoms with Gasteiger partial charge in [-0.05, 0) is 38.1 Å². The molecule has 0 saturated carbocycles. The third-order valence-electron chi connectivity index (χ3n) is 4.66. The van der Waals surface area contributed by atoms with Crippen LogP contribution in [0.3, 0.4) is 0 Å². The van der Waals surface area contributed by atoms with Gasteiger partial charge in [0.2, 0.25) is 0 Å². The van der Waals surface area contributed by atoms with Crippen LogP contribution >= 0.6 is 11.6 Å². The lowest BCUT2D eigenvalue weighted by Gasteiger charge is -2.24. The third-order valence-corrected chi connectivity index (χ3v) is 5.02. The van der Waals surface area contributed by atoms with Crippen molar-refractivity contribution in [3.05, 3.63) is 45.5 Å². The maximum Gasteiger partial charge on any atom is 0.417 e. The number of hydrogen-bond acceptors (Lipinski definition) is 5. The molecule has 0 bridgehead atoms. The number of anilines is 1. The highest BCUT2D eigenvalue weighted by atomic mass is 35.5. The number of rotatable bonds is 4. The lowest BCUT2D eigenvalue weighted by atomic mass is 10.3. The summed E-state index contributed by atoms with van der Waals surface area (Å²) in [5.74, 6) is -0.0172. The Bertz CT molecular complexity index is 869. The summed E-state index contributed by atoms with van der Waals surface area (Å²) >= 11 is 6.30. The van der Waals surface area contributed by atoms with Crippen LogP contribution in [0.1, 0.15) is 25.3 Å². The Hall–Kier alpha value is -2.13. The fraction of sp³-hybridized carbons (Fsp3) is 0.500. The molecule has 28 heavy (non-hydrogen) atoms. The zero-order chi connectivity index (χ0) is 20.3. The molecule has 1 aliphatic rings. The van der Waals surface area contributed by atoms with Crippen molar-refractivity contribution in [3.63, 3.8) is 0 Å². The molecule has 0 amide bonds. The van der Waals surface area contributed by atoms with E-state index in [2.05, 4.69) is 21.9 Å². The predicted molar refractivity (Wildman–Crippen MR) is 101 cm³/mol. The van der Waals surface area contributed by atoms with Gasteiger partial charge in [0.1, 0.15) is 5.02 Å². The largest absolute Gasteiger partial charge is 0.417 e. The lowest BCUT2D eigenvalue weighted by molar-refractivity contribution is -0.137. The zero-order valence-electron chi connectivity index (χ0n) is 15.4. The van der Waals surface area contributed by atoms with Crippen LogP contribution in [0.25, 0.3) is 5.82 Å². The summed E-state index contributed by atoms with van der Waals surface area (Å²) in [6.45, 7) is 6.50. The molecule has 1 saturated heterocycles. The van der Waals surface area contributed by atoms with Gasteiger partial charge in [-0.15, -0.1) is 0 Å². The standard InChI is InChI=1S/C18H21ClF3N5O/c1-2-6-25-7-3-8-26(10-9-25)14-12-24-27(17(28)16(14)19)15-5-4-13(11-23-15)18(20,21)22/h4-5,11-12H,2-3,6-10H2,1H3. The van der Waals surface area contributed by atoms with Gasteiger partial charge in [-0.1, -0.05) is 18.5 Å². The van der Waals surface area contributed by atoms with Crippen LogP contribution in [0.5, 0.6) is 0 Å². The molecule has 0 spiro atoms. The number of aromatic nitrogens is 3. The molecular formula is C18H21ClF3N5O. The van der Waals surface area contributed by atoms with Crippen LogP contribution < -0.4 is 10.5 Å². The van der Waals surface area contributed by atoms with E-state index in [9.17, 15) is 18.0 Å². The van der Waals surface area contributed by atoms with E-state index in [4.69, 9.17) is 11.6 Å². The molecule has 3 heterocycles. The van der Waals surface area contributed by atoms with Crippen molar-refractivity contribution in [3.8, 4) is 5.82 Å². The van der Waals surface area contributed by atoms with Gasteiger partial charge in [0.05, 0.1) is 17.4 Å². The van der Waals surface area contributed by atoms with E-state index < -0.39 is 17.3 Å². The van der Waals surface area contributed by atoms with Crippen molar-refractivity contribution in [1.82, 2.24) is 19.7 Å². The summed E-state index contributed by atoms with van der Waals surface area (Å²) in [4.78, 5) is 20.7. The second kappa shape index (κ2) is 8.48. The van der Waals surface area contributed by atoms with Gasteiger partial charge in [-0.3, -0.25) is 4.79 Å². The summed E-state index contributed by atoms with van der Waals surface area (Å²) in [5, 5.41) is 4.07. The topological polar surface area (TPSA) is 54.3 Å². The number of halogens is 4. The molecule has 6 nitrogen and oxygen atoms in total. The third kappa shape index (κ3) is 4.47. The average molecular weight is 416 g/mol. The molecule has 3 rings (SSSR count).